The third-order valence-electron chi connectivity index (χ3n) is 4.56. The molecule has 8 heteroatoms. The summed E-state index contributed by atoms with van der Waals surface area (Å²) in [6, 6.07) is 6.15. The van der Waals surface area contributed by atoms with E-state index in [1.165, 1.54) is 27.2 Å². The van der Waals surface area contributed by atoms with Gasteiger partial charge in [0.1, 0.15) is 4.90 Å². The van der Waals surface area contributed by atoms with Gasteiger partial charge in [0.2, 0.25) is 10.0 Å². The van der Waals surface area contributed by atoms with Crippen LogP contribution < -0.4 is 0 Å². The number of aromatic nitrogens is 2. The highest BCUT2D eigenvalue weighted by atomic mass is 35.5. The number of hydrogen-bond acceptors (Lipinski definition) is 4. The zero-order valence-electron chi connectivity index (χ0n) is 14.9. The molecule has 1 aromatic heterocycles. The fourth-order valence-corrected chi connectivity index (χ4v) is 5.23. The first-order chi connectivity index (χ1) is 12.3. The Kier molecular flexibility index (Phi) is 5.50. The maximum Gasteiger partial charge on any atom is 0.278 e. The molecule has 0 aliphatic carbocycles. The van der Waals surface area contributed by atoms with Crippen molar-refractivity contribution in [3.05, 3.63) is 46.2 Å². The normalized spacial score (nSPS) is 16.4. The van der Waals surface area contributed by atoms with Gasteiger partial charge in [-0.05, 0) is 51.0 Å². The fourth-order valence-electron chi connectivity index (χ4n) is 3.21. The van der Waals surface area contributed by atoms with Gasteiger partial charge in [-0.3, -0.25) is 4.79 Å². The first-order valence-electron chi connectivity index (χ1n) is 8.68. The lowest BCUT2D eigenvalue weighted by Gasteiger charge is -2.21. The molecule has 26 heavy (non-hydrogen) atoms. The molecule has 0 radical (unpaired) electrons. The minimum Gasteiger partial charge on any atom is -0.267 e. The minimum absolute atomic E-state index is 0.0200. The van der Waals surface area contributed by atoms with E-state index in [0.717, 1.165) is 31.4 Å². The Labute approximate surface area is 158 Å². The highest BCUT2D eigenvalue weighted by molar-refractivity contribution is 7.89. The van der Waals surface area contributed by atoms with E-state index in [2.05, 4.69) is 5.10 Å². The Balaban J connectivity index is 1.99. The van der Waals surface area contributed by atoms with Crippen molar-refractivity contribution in [1.29, 1.82) is 0 Å². The number of hydrogen-bond donors (Lipinski definition) is 0. The molecule has 0 amide bonds. The van der Waals surface area contributed by atoms with E-state index in [1.807, 2.05) is 0 Å². The van der Waals surface area contributed by atoms with E-state index in [0.29, 0.717) is 18.8 Å². The number of rotatable bonds is 3. The van der Waals surface area contributed by atoms with Crippen molar-refractivity contribution in [3.8, 4) is 0 Å². The number of sulfonamides is 1. The van der Waals surface area contributed by atoms with Crippen molar-refractivity contribution < 1.29 is 13.2 Å². The summed E-state index contributed by atoms with van der Waals surface area (Å²) in [6.07, 6.45) is 3.72. The van der Waals surface area contributed by atoms with Crippen LogP contribution in [-0.4, -0.2) is 41.5 Å². The second kappa shape index (κ2) is 7.50. The molecule has 0 N–H and O–H groups in total. The number of aryl methyl sites for hydroxylation is 2. The van der Waals surface area contributed by atoms with E-state index >= 15 is 0 Å². The average molecular weight is 396 g/mol. The molecule has 3 rings (SSSR count). The summed E-state index contributed by atoms with van der Waals surface area (Å²) >= 11 is 6.19. The zero-order chi connectivity index (χ0) is 18.9. The molecule has 1 saturated heterocycles. The van der Waals surface area contributed by atoms with Gasteiger partial charge >= 0.3 is 0 Å². The van der Waals surface area contributed by atoms with Gasteiger partial charge in [-0.1, -0.05) is 24.4 Å². The molecular weight excluding hydrogens is 374 g/mol. The third-order valence-corrected chi connectivity index (χ3v) is 6.94. The van der Waals surface area contributed by atoms with Crippen LogP contribution in [0.2, 0.25) is 5.02 Å². The van der Waals surface area contributed by atoms with Gasteiger partial charge in [0, 0.05) is 24.3 Å². The predicted molar refractivity (Wildman–Crippen MR) is 100 cm³/mol. The van der Waals surface area contributed by atoms with Crippen LogP contribution in [0, 0.1) is 13.8 Å². The highest BCUT2D eigenvalue weighted by Gasteiger charge is 2.28. The summed E-state index contributed by atoms with van der Waals surface area (Å²) in [5.74, 6) is -0.375. The Morgan fingerprint density at radius 2 is 1.73 bits per heavy atom. The lowest BCUT2D eigenvalue weighted by Crippen LogP contribution is -2.32. The number of carbonyl (C=O) groups is 1. The molecule has 6 nitrogen and oxygen atoms in total. The standard InChI is InChI=1S/C18H22ClN3O3S/c1-13-11-14(2)22(20-13)18(23)15-7-8-16(19)17(12-15)26(24,25)21-9-5-3-4-6-10-21/h7-8,11-12H,3-6,9-10H2,1-2H3. The van der Waals surface area contributed by atoms with Crippen LogP contribution in [-0.2, 0) is 10.0 Å². The van der Waals surface area contributed by atoms with E-state index in [9.17, 15) is 13.2 Å². The largest absolute Gasteiger partial charge is 0.278 e. The molecule has 2 aromatic rings. The van der Waals surface area contributed by atoms with Crippen molar-refractivity contribution >= 4 is 27.5 Å². The van der Waals surface area contributed by atoms with Crippen molar-refractivity contribution in [2.24, 2.45) is 0 Å². The number of halogens is 1. The number of carbonyl (C=O) groups excluding carboxylic acids is 1. The van der Waals surface area contributed by atoms with Crippen LogP contribution in [0.25, 0.3) is 0 Å². The van der Waals surface area contributed by atoms with E-state index < -0.39 is 10.0 Å². The molecule has 1 fully saturated rings. The van der Waals surface area contributed by atoms with Gasteiger partial charge in [-0.25, -0.2) is 13.1 Å². The second-order valence-corrected chi connectivity index (χ2v) is 8.92. The monoisotopic (exact) mass is 395 g/mol. The van der Waals surface area contributed by atoms with Crippen molar-refractivity contribution in [3.63, 3.8) is 0 Å². The lowest BCUT2D eigenvalue weighted by atomic mass is 10.2. The Morgan fingerprint density at radius 3 is 2.31 bits per heavy atom. The van der Waals surface area contributed by atoms with Crippen LogP contribution in [0.1, 0.15) is 47.4 Å². The summed E-state index contributed by atoms with van der Waals surface area (Å²) in [7, 11) is -3.74. The molecule has 140 valence electrons. The molecule has 0 spiro atoms. The summed E-state index contributed by atoms with van der Waals surface area (Å²) in [5.41, 5.74) is 1.66. The fraction of sp³-hybridized carbons (Fsp3) is 0.444. The van der Waals surface area contributed by atoms with Crippen LogP contribution in [0.5, 0.6) is 0 Å². The van der Waals surface area contributed by atoms with Crippen LogP contribution in [0.4, 0.5) is 0 Å². The highest BCUT2D eigenvalue weighted by Crippen LogP contribution is 2.28. The predicted octanol–water partition coefficient (Wildman–Crippen LogP) is 3.41. The molecule has 1 aliphatic rings. The van der Waals surface area contributed by atoms with Gasteiger partial charge in [-0.15, -0.1) is 0 Å². The van der Waals surface area contributed by atoms with Gasteiger partial charge in [-0.2, -0.15) is 9.40 Å². The molecule has 0 saturated carbocycles. The number of benzene rings is 1. The topological polar surface area (TPSA) is 72.3 Å². The van der Waals surface area contributed by atoms with Gasteiger partial charge in [0.25, 0.3) is 5.91 Å². The zero-order valence-corrected chi connectivity index (χ0v) is 16.5. The van der Waals surface area contributed by atoms with Crippen LogP contribution in [0.3, 0.4) is 0 Å². The van der Waals surface area contributed by atoms with E-state index in [-0.39, 0.29) is 21.4 Å². The lowest BCUT2D eigenvalue weighted by molar-refractivity contribution is 0.0942. The van der Waals surface area contributed by atoms with E-state index in [1.54, 1.807) is 19.9 Å². The maximum absolute atomic E-state index is 13.1. The second-order valence-electron chi connectivity index (χ2n) is 6.61. The van der Waals surface area contributed by atoms with Crippen LogP contribution >= 0.6 is 11.6 Å². The molecule has 0 unspecified atom stereocenters. The Morgan fingerprint density at radius 1 is 1.08 bits per heavy atom. The van der Waals surface area contributed by atoms with Crippen molar-refractivity contribution in [2.75, 3.05) is 13.1 Å². The number of nitrogens with zero attached hydrogens (tertiary/aromatic N) is 3. The first kappa shape index (κ1) is 19.1. The third kappa shape index (κ3) is 3.70. The van der Waals surface area contributed by atoms with Gasteiger partial charge in [0.05, 0.1) is 10.7 Å². The molecule has 1 aromatic carbocycles. The van der Waals surface area contributed by atoms with Crippen molar-refractivity contribution in [1.82, 2.24) is 14.1 Å². The summed E-state index contributed by atoms with van der Waals surface area (Å²) in [5, 5.41) is 4.30. The summed E-state index contributed by atoms with van der Waals surface area (Å²) in [6.45, 7) is 4.54. The minimum atomic E-state index is -3.74. The molecule has 0 bridgehead atoms. The van der Waals surface area contributed by atoms with Crippen LogP contribution in [0.15, 0.2) is 29.2 Å². The first-order valence-corrected chi connectivity index (χ1v) is 10.5. The average Bonchev–Trinajstić information content (AvgIpc) is 2.80. The maximum atomic E-state index is 13.1. The molecule has 2 heterocycles. The summed E-state index contributed by atoms with van der Waals surface area (Å²) in [4.78, 5) is 12.7. The molecular formula is C18H22ClN3O3S. The Hall–Kier alpha value is -1.70. The van der Waals surface area contributed by atoms with Gasteiger partial charge < -0.3 is 0 Å². The van der Waals surface area contributed by atoms with Gasteiger partial charge in [0.15, 0.2) is 0 Å². The Bertz CT molecular complexity index is 929. The summed E-state index contributed by atoms with van der Waals surface area (Å²) < 4.78 is 28.9. The molecule has 1 aliphatic heterocycles. The quantitative estimate of drug-likeness (QED) is 0.798. The smallest absolute Gasteiger partial charge is 0.267 e. The SMILES string of the molecule is Cc1cc(C)n(C(=O)c2ccc(Cl)c(S(=O)(=O)N3CCCCCC3)c2)n1. The molecule has 0 atom stereocenters. The van der Waals surface area contributed by atoms with E-state index in [4.69, 9.17) is 11.6 Å². The van der Waals surface area contributed by atoms with Crippen molar-refractivity contribution in [2.45, 2.75) is 44.4 Å².